The highest BCUT2D eigenvalue weighted by Gasteiger charge is 2.21. The molecule has 1 aliphatic rings. The molecule has 5 rings (SSSR count). The summed E-state index contributed by atoms with van der Waals surface area (Å²) in [5.74, 6) is 1.24. The Balaban J connectivity index is 1.37. The molecule has 188 valence electrons. The Hall–Kier alpha value is -3.09. The third-order valence-electron chi connectivity index (χ3n) is 6.26. The zero-order valence-electron chi connectivity index (χ0n) is 19.6. The van der Waals surface area contributed by atoms with Gasteiger partial charge in [-0.3, -0.25) is 8.89 Å². The molecule has 2 aromatic heterocycles. The van der Waals surface area contributed by atoms with Crippen molar-refractivity contribution in [1.29, 1.82) is 0 Å². The van der Waals surface area contributed by atoms with E-state index in [0.717, 1.165) is 48.4 Å². The fraction of sp³-hybridized carbons (Fsp3) is 0.292. The maximum atomic E-state index is 10.9. The normalized spacial score (nSPS) is 15.2. The smallest absolute Gasteiger partial charge is 0.229 e. The lowest BCUT2D eigenvalue weighted by Crippen LogP contribution is -2.26. The molecule has 0 amide bonds. The molecule has 4 aromatic rings. The number of aryl methyl sites for hydroxylation is 1. The summed E-state index contributed by atoms with van der Waals surface area (Å²) < 4.78 is 26.1. The summed E-state index contributed by atoms with van der Waals surface area (Å²) in [5.41, 5.74) is 4.46. The van der Waals surface area contributed by atoms with E-state index in [0.29, 0.717) is 28.4 Å². The molecule has 36 heavy (non-hydrogen) atoms. The Kier molecular flexibility index (Phi) is 7.44. The second-order valence-corrected chi connectivity index (χ2v) is 9.78. The number of anilines is 4. The van der Waals surface area contributed by atoms with Crippen LogP contribution in [0.15, 0.2) is 48.7 Å². The van der Waals surface area contributed by atoms with Crippen molar-refractivity contribution in [2.24, 2.45) is 7.05 Å². The predicted octanol–water partition coefficient (Wildman–Crippen LogP) is 3.85. The number of hydrogen-bond acceptors (Lipinski definition) is 8. The molecule has 12 heteroatoms. The van der Waals surface area contributed by atoms with Gasteiger partial charge in [0.05, 0.1) is 17.4 Å². The Morgan fingerprint density at radius 2 is 2.00 bits per heavy atom. The van der Waals surface area contributed by atoms with Crippen molar-refractivity contribution in [2.75, 3.05) is 23.7 Å². The van der Waals surface area contributed by atoms with Crippen molar-refractivity contribution in [2.45, 2.75) is 25.3 Å². The van der Waals surface area contributed by atoms with Crippen molar-refractivity contribution >= 4 is 56.9 Å². The molecule has 0 spiro atoms. The fourth-order valence-electron chi connectivity index (χ4n) is 4.46. The lowest BCUT2D eigenvalue weighted by atomic mass is 9.92. The van der Waals surface area contributed by atoms with Gasteiger partial charge in [0.1, 0.15) is 5.02 Å². The van der Waals surface area contributed by atoms with E-state index in [2.05, 4.69) is 36.7 Å². The van der Waals surface area contributed by atoms with Gasteiger partial charge in [-0.15, -0.1) is 0 Å². The Labute approximate surface area is 216 Å². The highest BCUT2D eigenvalue weighted by molar-refractivity contribution is 7.77. The molecule has 1 aliphatic heterocycles. The molecular weight excluding hydrogens is 500 g/mol. The number of halogens is 1. The Bertz CT molecular complexity index is 1410. The largest absolute Gasteiger partial charge is 0.760 e. The first-order chi connectivity index (χ1) is 17.5. The van der Waals surface area contributed by atoms with E-state index >= 15 is 0 Å². The van der Waals surface area contributed by atoms with Gasteiger partial charge in [0.25, 0.3) is 0 Å². The Morgan fingerprint density at radius 3 is 2.81 bits per heavy atom. The van der Waals surface area contributed by atoms with Gasteiger partial charge in [0, 0.05) is 47.5 Å². The minimum atomic E-state index is -2.36. The molecule has 2 aromatic carbocycles. The average molecular weight is 526 g/mol. The van der Waals surface area contributed by atoms with E-state index in [1.54, 1.807) is 0 Å². The quantitative estimate of drug-likeness (QED) is 0.255. The summed E-state index contributed by atoms with van der Waals surface area (Å²) in [6.07, 6.45) is 3.70. The zero-order valence-corrected chi connectivity index (χ0v) is 21.2. The maximum Gasteiger partial charge on any atom is 0.229 e. The standard InChI is InChI=1S/C24H27ClN8O2S/c1-33-21-12-17(6-7-18(21)22(32-33)15-8-10-26-11-9-15)29-24-27-14-19(25)23(31-24)30-20-5-3-2-4-16(20)13-28-36(34)35/h2-7,12,14-15,26,28H,8-11,13H2,1H3,(H,34,35)(H2,27,29,30,31)/p-1. The molecule has 1 atom stereocenters. The first-order valence-electron chi connectivity index (χ1n) is 11.6. The first kappa shape index (κ1) is 24.6. The molecular formula is C24H26ClN8O2S-. The second kappa shape index (κ2) is 10.9. The lowest BCUT2D eigenvalue weighted by Gasteiger charge is -2.21. The topological polar surface area (TPSA) is 132 Å². The maximum absolute atomic E-state index is 10.9. The van der Waals surface area contributed by atoms with E-state index in [9.17, 15) is 8.76 Å². The molecule has 0 bridgehead atoms. The first-order valence-corrected chi connectivity index (χ1v) is 13.1. The number of hydrogen-bond donors (Lipinski definition) is 4. The van der Waals surface area contributed by atoms with Crippen LogP contribution in [0.2, 0.25) is 5.02 Å². The molecule has 10 nitrogen and oxygen atoms in total. The minimum Gasteiger partial charge on any atom is -0.760 e. The third-order valence-corrected chi connectivity index (χ3v) is 6.91. The van der Waals surface area contributed by atoms with Gasteiger partial charge in [0.2, 0.25) is 5.95 Å². The van der Waals surface area contributed by atoms with Gasteiger partial charge in [0.15, 0.2) is 5.82 Å². The number of nitrogens with zero attached hydrogens (tertiary/aromatic N) is 4. The van der Waals surface area contributed by atoms with Gasteiger partial charge < -0.3 is 20.5 Å². The summed E-state index contributed by atoms with van der Waals surface area (Å²) in [7, 11) is 1.96. The van der Waals surface area contributed by atoms with Gasteiger partial charge in [-0.2, -0.15) is 10.1 Å². The van der Waals surface area contributed by atoms with E-state index in [-0.39, 0.29) is 6.54 Å². The van der Waals surface area contributed by atoms with E-state index in [1.165, 1.54) is 11.6 Å². The van der Waals surface area contributed by atoms with Crippen LogP contribution in [-0.4, -0.2) is 41.6 Å². The van der Waals surface area contributed by atoms with Gasteiger partial charge in [-0.25, -0.2) is 9.71 Å². The molecule has 0 aliphatic carbocycles. The van der Waals surface area contributed by atoms with Crippen LogP contribution in [-0.2, 0) is 24.9 Å². The molecule has 3 heterocycles. The van der Waals surface area contributed by atoms with Gasteiger partial charge in [-0.1, -0.05) is 29.8 Å². The highest BCUT2D eigenvalue weighted by atomic mass is 35.5. The lowest BCUT2D eigenvalue weighted by molar-refractivity contribution is 0.452. The SMILES string of the molecule is Cn1nc(C2CCNCC2)c2ccc(Nc3ncc(Cl)c(Nc4ccccc4CNS(=O)[O-])n3)cc21. The van der Waals surface area contributed by atoms with Crippen LogP contribution < -0.4 is 20.7 Å². The number of aromatic nitrogens is 4. The van der Waals surface area contributed by atoms with Crippen LogP contribution in [0.5, 0.6) is 0 Å². The molecule has 1 saturated heterocycles. The summed E-state index contributed by atoms with van der Waals surface area (Å²) in [6.45, 7) is 2.18. The number of benzene rings is 2. The minimum absolute atomic E-state index is 0.136. The molecule has 1 unspecified atom stereocenters. The monoisotopic (exact) mass is 525 g/mol. The van der Waals surface area contributed by atoms with Crippen molar-refractivity contribution in [3.05, 3.63) is 64.9 Å². The number of piperidine rings is 1. The molecule has 0 radical (unpaired) electrons. The molecule has 1 fully saturated rings. The van der Waals surface area contributed by atoms with Crippen molar-refractivity contribution in [3.63, 3.8) is 0 Å². The second-order valence-electron chi connectivity index (χ2n) is 8.62. The van der Waals surface area contributed by atoms with Crippen LogP contribution in [0.4, 0.5) is 23.1 Å². The van der Waals surface area contributed by atoms with Crippen LogP contribution in [0.25, 0.3) is 10.9 Å². The highest BCUT2D eigenvalue weighted by Crippen LogP contribution is 2.32. The summed E-state index contributed by atoms with van der Waals surface area (Å²) >= 11 is 4.00. The van der Waals surface area contributed by atoms with Crippen LogP contribution in [0.1, 0.15) is 30.0 Å². The van der Waals surface area contributed by atoms with Crippen molar-refractivity contribution < 1.29 is 8.76 Å². The van der Waals surface area contributed by atoms with Crippen LogP contribution in [0, 0.1) is 0 Å². The summed E-state index contributed by atoms with van der Waals surface area (Å²) in [4.78, 5) is 8.87. The van der Waals surface area contributed by atoms with E-state index in [4.69, 9.17) is 16.7 Å². The van der Waals surface area contributed by atoms with E-state index < -0.39 is 11.3 Å². The number of nitrogens with one attached hydrogen (secondary N) is 4. The number of rotatable bonds is 8. The molecule has 4 N–H and O–H groups in total. The van der Waals surface area contributed by atoms with Gasteiger partial charge >= 0.3 is 0 Å². The Morgan fingerprint density at radius 1 is 1.19 bits per heavy atom. The summed E-state index contributed by atoms with van der Waals surface area (Å²) in [5, 5.41) is 16.2. The fourth-order valence-corrected chi connectivity index (χ4v) is 4.88. The van der Waals surface area contributed by atoms with Crippen molar-refractivity contribution in [1.82, 2.24) is 29.8 Å². The number of fused-ring (bicyclic) bond motifs is 1. The third kappa shape index (κ3) is 5.50. The van der Waals surface area contributed by atoms with E-state index in [1.807, 2.05) is 48.1 Å². The van der Waals surface area contributed by atoms with Gasteiger partial charge in [-0.05, 0) is 55.8 Å². The summed E-state index contributed by atoms with van der Waals surface area (Å²) in [6, 6.07) is 13.5. The van der Waals surface area contributed by atoms with Crippen LogP contribution >= 0.6 is 11.6 Å². The van der Waals surface area contributed by atoms with Crippen molar-refractivity contribution in [3.8, 4) is 0 Å². The van der Waals surface area contributed by atoms with Crippen LogP contribution in [0.3, 0.4) is 0 Å². The predicted molar refractivity (Wildman–Crippen MR) is 141 cm³/mol. The number of para-hydroxylation sites is 1. The zero-order chi connectivity index (χ0) is 25.1. The average Bonchev–Trinajstić information content (AvgIpc) is 3.22. The molecule has 0 saturated carbocycles.